The molecule has 0 aromatic carbocycles. The normalized spacial score (nSPS) is 73.4. The van der Waals surface area contributed by atoms with Crippen LogP contribution in [0.25, 0.3) is 0 Å². The fourth-order valence-corrected chi connectivity index (χ4v) is 7.49. The number of rotatable bonds is 0. The molecule has 3 heteroatoms. The van der Waals surface area contributed by atoms with Crippen molar-refractivity contribution in [1.29, 1.82) is 0 Å². The first-order valence-electron chi connectivity index (χ1n) is 7.16. The SMILES string of the molecule is C1C[C@]23CO[C@@]45CCC16CC[C@](CO2)(OC4)C635. The molecule has 92 valence electrons. The molecule has 3 saturated heterocycles. The van der Waals surface area contributed by atoms with Gasteiger partial charge in [-0.3, -0.25) is 0 Å². The molecule has 3 aliphatic carbocycles. The van der Waals surface area contributed by atoms with Crippen LogP contribution in [0.5, 0.6) is 0 Å². The lowest BCUT2D eigenvalue weighted by atomic mass is 9.58. The van der Waals surface area contributed by atoms with Crippen LogP contribution in [0.15, 0.2) is 0 Å². The molecule has 6 aliphatic rings. The molecule has 3 nitrogen and oxygen atoms in total. The molecule has 3 saturated carbocycles. The van der Waals surface area contributed by atoms with Gasteiger partial charge in [-0.25, -0.2) is 0 Å². The monoisotopic (exact) mass is 234 g/mol. The Hall–Kier alpha value is -0.120. The van der Waals surface area contributed by atoms with Gasteiger partial charge in [-0.05, 0) is 43.9 Å². The second-order valence-corrected chi connectivity index (χ2v) is 7.38. The van der Waals surface area contributed by atoms with E-state index in [2.05, 4.69) is 0 Å². The van der Waals surface area contributed by atoms with E-state index in [9.17, 15) is 0 Å². The molecule has 0 amide bonds. The summed E-state index contributed by atoms with van der Waals surface area (Å²) in [5.74, 6) is 0. The standard InChI is InChI=1S/C14H18O3/c1-4-11-7-16-13-6-3-10(1)2-5-12(8-15-11,17-9-13)14(10,11)13/h1-9H2/t10?,11-,12-,13+,14?/m1/s1. The molecule has 0 aromatic rings. The highest BCUT2D eigenvalue weighted by molar-refractivity contribution is 5.43. The highest BCUT2D eigenvalue weighted by Crippen LogP contribution is 2.88. The Morgan fingerprint density at radius 3 is 1.35 bits per heavy atom. The highest BCUT2D eigenvalue weighted by Gasteiger charge is 2.96. The lowest BCUT2D eigenvalue weighted by Crippen LogP contribution is -2.56. The summed E-state index contributed by atoms with van der Waals surface area (Å²) < 4.78 is 19.1. The van der Waals surface area contributed by atoms with Crippen LogP contribution in [-0.2, 0) is 14.2 Å². The summed E-state index contributed by atoms with van der Waals surface area (Å²) in [6.45, 7) is 2.54. The van der Waals surface area contributed by atoms with E-state index in [1.54, 1.807) is 0 Å². The predicted octanol–water partition coefficient (Wildman–Crippen LogP) is 1.65. The van der Waals surface area contributed by atoms with Crippen molar-refractivity contribution in [2.45, 2.75) is 55.3 Å². The van der Waals surface area contributed by atoms with Crippen LogP contribution in [0.1, 0.15) is 38.5 Å². The van der Waals surface area contributed by atoms with E-state index >= 15 is 0 Å². The molecule has 17 heavy (non-hydrogen) atoms. The van der Waals surface area contributed by atoms with E-state index in [0.717, 1.165) is 19.8 Å². The first-order valence-corrected chi connectivity index (χ1v) is 7.16. The minimum Gasteiger partial charge on any atom is -0.369 e. The van der Waals surface area contributed by atoms with Crippen molar-refractivity contribution >= 4 is 0 Å². The van der Waals surface area contributed by atoms with Gasteiger partial charge in [-0.15, -0.1) is 0 Å². The van der Waals surface area contributed by atoms with Crippen molar-refractivity contribution in [2.24, 2.45) is 10.8 Å². The fraction of sp³-hybridized carbons (Fsp3) is 1.00. The second kappa shape index (κ2) is 2.00. The Kier molecular flexibility index (Phi) is 1.05. The minimum absolute atomic E-state index is 0.0382. The summed E-state index contributed by atoms with van der Waals surface area (Å²) >= 11 is 0. The topological polar surface area (TPSA) is 27.7 Å². The third kappa shape index (κ3) is 0.504. The second-order valence-electron chi connectivity index (χ2n) is 7.38. The van der Waals surface area contributed by atoms with Gasteiger partial charge >= 0.3 is 0 Å². The maximum absolute atomic E-state index is 6.36. The van der Waals surface area contributed by atoms with Gasteiger partial charge in [0.05, 0.1) is 25.2 Å². The first-order chi connectivity index (χ1) is 8.24. The van der Waals surface area contributed by atoms with Gasteiger partial charge in [-0.1, -0.05) is 0 Å². The van der Waals surface area contributed by atoms with Gasteiger partial charge < -0.3 is 14.2 Å². The highest BCUT2D eigenvalue weighted by atomic mass is 16.6. The largest absolute Gasteiger partial charge is 0.369 e. The van der Waals surface area contributed by atoms with Gasteiger partial charge in [0.2, 0.25) is 0 Å². The summed E-state index contributed by atoms with van der Waals surface area (Å²) in [5.41, 5.74) is 0.875. The van der Waals surface area contributed by atoms with Crippen LogP contribution in [0.4, 0.5) is 0 Å². The maximum Gasteiger partial charge on any atom is 0.103 e. The summed E-state index contributed by atoms with van der Waals surface area (Å²) in [5, 5.41) is 0. The van der Waals surface area contributed by atoms with Gasteiger partial charge in [0.15, 0.2) is 0 Å². The Bertz CT molecular complexity index is 320. The van der Waals surface area contributed by atoms with Crippen molar-refractivity contribution < 1.29 is 14.2 Å². The molecule has 3 heterocycles. The quantitative estimate of drug-likeness (QED) is 0.638. The third-order valence-corrected chi connectivity index (χ3v) is 7.61. The zero-order chi connectivity index (χ0) is 11.0. The van der Waals surface area contributed by atoms with Crippen molar-refractivity contribution in [3.8, 4) is 0 Å². The maximum atomic E-state index is 6.36. The molecule has 6 rings (SSSR count). The van der Waals surface area contributed by atoms with Crippen molar-refractivity contribution in [2.75, 3.05) is 19.8 Å². The number of hydrogen-bond acceptors (Lipinski definition) is 3. The summed E-state index contributed by atoms with van der Waals surface area (Å²) in [6.07, 6.45) is 7.76. The van der Waals surface area contributed by atoms with Crippen LogP contribution in [0.2, 0.25) is 0 Å². The Morgan fingerprint density at radius 1 is 0.529 bits per heavy atom. The van der Waals surface area contributed by atoms with Gasteiger partial charge in [0.25, 0.3) is 0 Å². The Labute approximate surface area is 101 Å². The third-order valence-electron chi connectivity index (χ3n) is 7.61. The van der Waals surface area contributed by atoms with Crippen LogP contribution < -0.4 is 0 Å². The zero-order valence-corrected chi connectivity index (χ0v) is 10.1. The first kappa shape index (κ1) is 8.89. The molecule has 6 fully saturated rings. The zero-order valence-electron chi connectivity index (χ0n) is 10.1. The molecule has 3 aliphatic heterocycles. The molecular weight excluding hydrogens is 216 g/mol. The molecule has 5 atom stereocenters. The van der Waals surface area contributed by atoms with E-state index in [1.807, 2.05) is 0 Å². The van der Waals surface area contributed by atoms with Crippen molar-refractivity contribution in [1.82, 2.24) is 0 Å². The van der Waals surface area contributed by atoms with E-state index in [-0.39, 0.29) is 22.2 Å². The van der Waals surface area contributed by atoms with E-state index in [4.69, 9.17) is 14.2 Å². The fourth-order valence-electron chi connectivity index (χ4n) is 7.49. The van der Waals surface area contributed by atoms with Crippen LogP contribution in [-0.4, -0.2) is 36.6 Å². The van der Waals surface area contributed by atoms with Crippen LogP contribution >= 0.6 is 0 Å². The lowest BCUT2D eigenvalue weighted by molar-refractivity contribution is -0.0453. The van der Waals surface area contributed by atoms with Gasteiger partial charge in [-0.2, -0.15) is 0 Å². The van der Waals surface area contributed by atoms with E-state index in [1.165, 1.54) is 38.5 Å². The lowest BCUT2D eigenvalue weighted by Gasteiger charge is -2.43. The molecule has 0 radical (unpaired) electrons. The molecule has 0 bridgehead atoms. The number of hydrogen-bond donors (Lipinski definition) is 0. The van der Waals surface area contributed by atoms with Crippen molar-refractivity contribution in [3.63, 3.8) is 0 Å². The molecule has 2 unspecified atom stereocenters. The average molecular weight is 234 g/mol. The predicted molar refractivity (Wildman–Crippen MR) is 58.6 cm³/mol. The molecular formula is C14H18O3. The molecule has 0 aromatic heterocycles. The smallest absolute Gasteiger partial charge is 0.103 e. The summed E-state index contributed by atoms with van der Waals surface area (Å²) in [4.78, 5) is 0. The Balaban J connectivity index is 1.81. The van der Waals surface area contributed by atoms with Crippen LogP contribution in [0, 0.1) is 10.8 Å². The Morgan fingerprint density at radius 2 is 0.941 bits per heavy atom. The van der Waals surface area contributed by atoms with E-state index in [0.29, 0.717) is 5.41 Å². The van der Waals surface area contributed by atoms with Crippen LogP contribution in [0.3, 0.4) is 0 Å². The average Bonchev–Trinajstić information content (AvgIpc) is 3.05. The van der Waals surface area contributed by atoms with Gasteiger partial charge in [0, 0.05) is 0 Å². The summed E-state index contributed by atoms with van der Waals surface area (Å²) in [7, 11) is 0. The minimum atomic E-state index is 0.0382. The molecule has 1 spiro atoms. The number of ether oxygens (including phenoxy) is 3. The van der Waals surface area contributed by atoms with Gasteiger partial charge in [0.1, 0.15) is 16.8 Å². The van der Waals surface area contributed by atoms with E-state index < -0.39 is 0 Å². The molecule has 0 N–H and O–H groups in total. The van der Waals surface area contributed by atoms with Crippen molar-refractivity contribution in [3.05, 3.63) is 0 Å². The summed E-state index contributed by atoms with van der Waals surface area (Å²) in [6, 6.07) is 0.